The number of aromatic nitrogens is 4. The van der Waals surface area contributed by atoms with E-state index in [1.54, 1.807) is 22.9 Å². The lowest BCUT2D eigenvalue weighted by molar-refractivity contribution is -0.119. The van der Waals surface area contributed by atoms with Gasteiger partial charge in [0.1, 0.15) is 29.8 Å². The number of para-hydroxylation sites is 1. The molecule has 0 saturated heterocycles. The Morgan fingerprint density at radius 2 is 1.93 bits per heavy atom. The molecule has 2 aromatic heterocycles. The van der Waals surface area contributed by atoms with E-state index in [-0.39, 0.29) is 42.3 Å². The van der Waals surface area contributed by atoms with Crippen LogP contribution in [-0.2, 0) is 16.1 Å². The van der Waals surface area contributed by atoms with Gasteiger partial charge in [-0.1, -0.05) is 36.4 Å². The summed E-state index contributed by atoms with van der Waals surface area (Å²) in [5, 5.41) is 8.03. The number of carbonyl (C=O) groups is 1. The molecule has 4 aromatic rings. The van der Waals surface area contributed by atoms with Crippen LogP contribution in [0.3, 0.4) is 0 Å². The molecule has 30 heavy (non-hydrogen) atoms. The van der Waals surface area contributed by atoms with Crippen molar-refractivity contribution >= 4 is 28.4 Å². The van der Waals surface area contributed by atoms with Crippen molar-refractivity contribution in [1.82, 2.24) is 19.7 Å². The number of methoxy groups -OCH3 is 1. The van der Waals surface area contributed by atoms with Crippen molar-refractivity contribution in [1.29, 1.82) is 0 Å². The topological polar surface area (TPSA) is 108 Å². The predicted octanol–water partition coefficient (Wildman–Crippen LogP) is 2.85. The van der Waals surface area contributed by atoms with E-state index >= 15 is 0 Å². The Bertz CT molecular complexity index is 1220. The largest absolute Gasteiger partial charge is 0.384 e. The minimum absolute atomic E-state index is 0.112. The molecular weight excluding hydrogens is 387 g/mol. The molecule has 0 aliphatic rings. The van der Waals surface area contributed by atoms with Gasteiger partial charge in [-0.2, -0.15) is 5.10 Å². The third-order valence-corrected chi connectivity index (χ3v) is 4.44. The predicted molar refractivity (Wildman–Crippen MR) is 111 cm³/mol. The summed E-state index contributed by atoms with van der Waals surface area (Å²) in [5.74, 6) is 0.0115. The van der Waals surface area contributed by atoms with E-state index in [9.17, 15) is 9.18 Å². The normalized spacial score (nSPS) is 11.0. The van der Waals surface area contributed by atoms with E-state index in [1.807, 2.05) is 24.3 Å². The number of ether oxygens (including phenoxy) is 1. The number of nitrogens with zero attached hydrogens (tertiary/aromatic N) is 4. The van der Waals surface area contributed by atoms with Crippen molar-refractivity contribution in [3.63, 3.8) is 0 Å². The first kappa shape index (κ1) is 19.5. The van der Waals surface area contributed by atoms with Crippen molar-refractivity contribution in [3.05, 3.63) is 66.0 Å². The van der Waals surface area contributed by atoms with Gasteiger partial charge in [-0.15, -0.1) is 0 Å². The number of rotatable bonds is 6. The highest BCUT2D eigenvalue weighted by atomic mass is 19.1. The molecule has 3 N–H and O–H groups in total. The van der Waals surface area contributed by atoms with Gasteiger partial charge in [0.15, 0.2) is 5.82 Å². The summed E-state index contributed by atoms with van der Waals surface area (Å²) in [5.41, 5.74) is 7.72. The van der Waals surface area contributed by atoms with Crippen LogP contribution in [0.25, 0.3) is 22.4 Å². The second kappa shape index (κ2) is 8.26. The average Bonchev–Trinajstić information content (AvgIpc) is 3.08. The number of anilines is 2. The monoisotopic (exact) mass is 406 g/mol. The van der Waals surface area contributed by atoms with Gasteiger partial charge in [-0.3, -0.25) is 9.48 Å². The van der Waals surface area contributed by atoms with Gasteiger partial charge in [0.05, 0.1) is 12.1 Å². The van der Waals surface area contributed by atoms with Gasteiger partial charge in [-0.05, 0) is 12.1 Å². The van der Waals surface area contributed by atoms with E-state index in [2.05, 4.69) is 20.4 Å². The van der Waals surface area contributed by atoms with E-state index < -0.39 is 0 Å². The highest BCUT2D eigenvalue weighted by Gasteiger charge is 2.17. The number of halogens is 1. The summed E-state index contributed by atoms with van der Waals surface area (Å²) in [6.07, 6.45) is 0. The number of hydrogen-bond donors (Lipinski definition) is 2. The van der Waals surface area contributed by atoms with Gasteiger partial charge in [0.2, 0.25) is 0 Å². The van der Waals surface area contributed by atoms with Crippen LogP contribution in [0.2, 0.25) is 0 Å². The fourth-order valence-electron chi connectivity index (χ4n) is 3.15. The molecule has 0 bridgehead atoms. The number of nitrogens with one attached hydrogen (secondary N) is 1. The number of carbonyl (C=O) groups excluding carboxylic acids is 1. The van der Waals surface area contributed by atoms with Gasteiger partial charge in [0.25, 0.3) is 5.91 Å². The molecule has 0 atom stereocenters. The summed E-state index contributed by atoms with van der Waals surface area (Å²) in [4.78, 5) is 20.5. The summed E-state index contributed by atoms with van der Waals surface area (Å²) in [6.45, 7) is 0.131. The number of amides is 1. The van der Waals surface area contributed by atoms with E-state index in [4.69, 9.17) is 10.5 Å². The second-order valence-corrected chi connectivity index (χ2v) is 6.60. The third kappa shape index (κ3) is 3.96. The average molecular weight is 406 g/mol. The lowest BCUT2D eigenvalue weighted by Crippen LogP contribution is -2.18. The smallest absolute Gasteiger partial charge is 0.251 e. The van der Waals surface area contributed by atoms with Crippen LogP contribution in [0, 0.1) is 5.82 Å². The maximum atomic E-state index is 14.2. The van der Waals surface area contributed by atoms with Crippen LogP contribution in [0.4, 0.5) is 16.0 Å². The third-order valence-electron chi connectivity index (χ3n) is 4.44. The molecular formula is C21H19FN6O2. The molecule has 152 valence electrons. The maximum absolute atomic E-state index is 14.2. The first-order valence-electron chi connectivity index (χ1n) is 9.18. The Morgan fingerprint density at radius 1 is 1.17 bits per heavy atom. The van der Waals surface area contributed by atoms with Gasteiger partial charge >= 0.3 is 0 Å². The molecule has 4 rings (SSSR count). The molecule has 1 amide bonds. The summed E-state index contributed by atoms with van der Waals surface area (Å²) in [7, 11) is 1.42. The first-order valence-corrected chi connectivity index (χ1v) is 9.18. The number of nitrogens with two attached hydrogens (primary N) is 1. The van der Waals surface area contributed by atoms with Crippen molar-refractivity contribution in [2.24, 2.45) is 0 Å². The van der Waals surface area contributed by atoms with Crippen LogP contribution in [0.5, 0.6) is 0 Å². The minimum atomic E-state index is -0.364. The highest BCUT2D eigenvalue weighted by molar-refractivity contribution is 5.93. The lowest BCUT2D eigenvalue weighted by Gasteiger charge is -2.06. The fourth-order valence-corrected chi connectivity index (χ4v) is 3.15. The molecule has 0 fully saturated rings. The Balaban J connectivity index is 1.77. The minimum Gasteiger partial charge on any atom is -0.384 e. The van der Waals surface area contributed by atoms with Gasteiger partial charge < -0.3 is 15.8 Å². The van der Waals surface area contributed by atoms with Crippen molar-refractivity contribution in [2.75, 3.05) is 24.8 Å². The molecule has 0 unspecified atom stereocenters. The first-order chi connectivity index (χ1) is 14.5. The van der Waals surface area contributed by atoms with E-state index in [0.29, 0.717) is 11.3 Å². The van der Waals surface area contributed by atoms with Gasteiger partial charge in [-0.25, -0.2) is 14.4 Å². The number of nitrogen functional groups attached to an aromatic ring is 1. The zero-order valence-electron chi connectivity index (χ0n) is 16.2. The zero-order valence-corrected chi connectivity index (χ0v) is 16.2. The molecule has 0 aliphatic heterocycles. The zero-order chi connectivity index (χ0) is 21.1. The van der Waals surface area contributed by atoms with E-state index in [0.717, 1.165) is 10.9 Å². The Kier molecular flexibility index (Phi) is 5.36. The van der Waals surface area contributed by atoms with E-state index in [1.165, 1.54) is 19.2 Å². The van der Waals surface area contributed by atoms with Crippen LogP contribution in [-0.4, -0.2) is 39.4 Å². The van der Waals surface area contributed by atoms with Crippen LogP contribution >= 0.6 is 0 Å². The lowest BCUT2D eigenvalue weighted by atomic mass is 10.2. The second-order valence-electron chi connectivity index (χ2n) is 6.60. The quantitative estimate of drug-likeness (QED) is 0.510. The Morgan fingerprint density at radius 3 is 2.73 bits per heavy atom. The Hall–Kier alpha value is -3.85. The van der Waals surface area contributed by atoms with Crippen LogP contribution in [0.1, 0.15) is 5.56 Å². The van der Waals surface area contributed by atoms with Gasteiger partial charge in [0, 0.05) is 24.1 Å². The van der Waals surface area contributed by atoms with Crippen molar-refractivity contribution in [3.8, 4) is 11.5 Å². The molecule has 0 aliphatic carbocycles. The summed E-state index contributed by atoms with van der Waals surface area (Å²) >= 11 is 0. The molecule has 0 radical (unpaired) electrons. The molecule has 0 spiro atoms. The Labute approximate surface area is 171 Å². The highest BCUT2D eigenvalue weighted by Crippen LogP contribution is 2.28. The fraction of sp³-hybridized carbons (Fsp3) is 0.143. The molecule has 9 heteroatoms. The number of benzene rings is 2. The number of fused-ring (bicyclic) bond motifs is 1. The maximum Gasteiger partial charge on any atom is 0.251 e. The SMILES string of the molecule is COCC(=O)Nc1cc(N)nc(-c2nn(Cc3ccccc3F)c3ccccc23)n1. The molecule has 2 heterocycles. The van der Waals surface area contributed by atoms with Crippen LogP contribution < -0.4 is 11.1 Å². The number of hydrogen-bond acceptors (Lipinski definition) is 6. The van der Waals surface area contributed by atoms with Crippen molar-refractivity contribution in [2.45, 2.75) is 6.54 Å². The van der Waals surface area contributed by atoms with Crippen molar-refractivity contribution < 1.29 is 13.9 Å². The molecule has 8 nitrogen and oxygen atoms in total. The van der Waals surface area contributed by atoms with Crippen LogP contribution in [0.15, 0.2) is 54.6 Å². The summed E-state index contributed by atoms with van der Waals surface area (Å²) < 4.78 is 20.7. The molecule has 2 aromatic carbocycles. The standard InChI is InChI=1S/C21H19FN6O2/c1-30-12-19(29)25-18-10-17(23)24-21(26-18)20-14-7-3-5-9-16(14)28(27-20)11-13-6-2-4-8-15(13)22/h2-10H,11-12H2,1H3,(H3,23,24,25,26,29). The summed E-state index contributed by atoms with van der Waals surface area (Å²) in [6, 6.07) is 15.5. The molecule has 0 saturated carbocycles.